The Balaban J connectivity index is 1.90. The van der Waals surface area contributed by atoms with Crippen molar-refractivity contribution in [2.45, 2.75) is 18.9 Å². The number of nitrogens with one attached hydrogen (secondary N) is 2. The highest BCUT2D eigenvalue weighted by Gasteiger charge is 2.34. The van der Waals surface area contributed by atoms with E-state index in [-0.39, 0.29) is 25.0 Å². The summed E-state index contributed by atoms with van der Waals surface area (Å²) in [4.78, 5) is 33.4. The summed E-state index contributed by atoms with van der Waals surface area (Å²) in [5.74, 6) is 0.883. The first kappa shape index (κ1) is 19.5. The van der Waals surface area contributed by atoms with Crippen LogP contribution in [0.3, 0.4) is 0 Å². The summed E-state index contributed by atoms with van der Waals surface area (Å²) in [5, 5.41) is 2.78. The quantitative estimate of drug-likeness (QED) is 0.729. The van der Waals surface area contributed by atoms with Gasteiger partial charge in [-0.3, -0.25) is 4.79 Å². The van der Waals surface area contributed by atoms with Gasteiger partial charge in [-0.25, -0.2) is 9.78 Å². The van der Waals surface area contributed by atoms with E-state index in [0.29, 0.717) is 24.5 Å². The number of benzene rings is 1. The van der Waals surface area contributed by atoms with E-state index in [4.69, 9.17) is 9.47 Å². The average Bonchev–Trinajstić information content (AvgIpc) is 3.20. The number of carbonyl (C=O) groups is 2. The minimum Gasteiger partial charge on any atom is -0.497 e. The zero-order chi connectivity index (χ0) is 20.1. The Morgan fingerprint density at radius 3 is 2.57 bits per heavy atom. The summed E-state index contributed by atoms with van der Waals surface area (Å²) in [7, 11) is 4.48. The normalized spacial score (nSPS) is 15.5. The monoisotopic (exact) mass is 388 g/mol. The smallest absolute Gasteiger partial charge is 0.318 e. The van der Waals surface area contributed by atoms with Crippen LogP contribution in [0.2, 0.25) is 0 Å². The molecule has 1 atom stereocenters. The molecule has 9 heteroatoms. The maximum Gasteiger partial charge on any atom is 0.318 e. The van der Waals surface area contributed by atoms with Crippen molar-refractivity contribution in [3.63, 3.8) is 0 Å². The molecule has 0 spiro atoms. The number of esters is 1. The maximum absolute atomic E-state index is 12.9. The van der Waals surface area contributed by atoms with Gasteiger partial charge < -0.3 is 29.4 Å². The van der Waals surface area contributed by atoms with Crippen molar-refractivity contribution in [3.05, 3.63) is 41.5 Å². The van der Waals surface area contributed by atoms with Crippen molar-refractivity contribution in [3.8, 4) is 11.5 Å². The molecule has 3 rings (SSSR count). The van der Waals surface area contributed by atoms with E-state index in [1.54, 1.807) is 31.5 Å². The van der Waals surface area contributed by atoms with Crippen molar-refractivity contribution in [2.75, 3.05) is 34.4 Å². The van der Waals surface area contributed by atoms with E-state index in [0.717, 1.165) is 17.0 Å². The van der Waals surface area contributed by atoms with Crippen LogP contribution in [0, 0.1) is 0 Å². The fraction of sp³-hybridized carbons (Fsp3) is 0.421. The highest BCUT2D eigenvalue weighted by atomic mass is 16.5. The van der Waals surface area contributed by atoms with Crippen molar-refractivity contribution in [1.82, 2.24) is 20.2 Å². The summed E-state index contributed by atoms with van der Waals surface area (Å²) in [6, 6.07) is 4.83. The Labute approximate surface area is 163 Å². The van der Waals surface area contributed by atoms with E-state index in [1.165, 1.54) is 7.11 Å². The molecule has 0 bridgehead atoms. The molecule has 1 aromatic carbocycles. The topological polar surface area (TPSA) is 106 Å². The SMILES string of the molecule is COC(=O)CCNC(=O)N1CCc2[nH]cnc2[C@@H]1c1cc(OC)cc(OC)c1. The lowest BCUT2D eigenvalue weighted by atomic mass is 9.95. The van der Waals surface area contributed by atoms with E-state index in [1.807, 2.05) is 12.1 Å². The highest BCUT2D eigenvalue weighted by molar-refractivity contribution is 5.77. The van der Waals surface area contributed by atoms with Gasteiger partial charge in [-0.2, -0.15) is 0 Å². The minimum atomic E-state index is -0.405. The molecular formula is C19H24N4O5. The number of nitrogens with zero attached hydrogens (tertiary/aromatic N) is 2. The van der Waals surface area contributed by atoms with E-state index < -0.39 is 6.04 Å². The predicted molar refractivity (Wildman–Crippen MR) is 100 cm³/mol. The first-order valence-corrected chi connectivity index (χ1v) is 8.93. The van der Waals surface area contributed by atoms with Gasteiger partial charge in [-0.1, -0.05) is 0 Å². The predicted octanol–water partition coefficient (Wildman–Crippen LogP) is 1.65. The first-order chi connectivity index (χ1) is 13.6. The maximum atomic E-state index is 12.9. The molecule has 0 saturated heterocycles. The number of H-pyrrole nitrogens is 1. The molecule has 1 aromatic heterocycles. The summed E-state index contributed by atoms with van der Waals surface area (Å²) in [5.41, 5.74) is 2.60. The van der Waals surface area contributed by atoms with Gasteiger partial charge in [0.05, 0.1) is 39.8 Å². The van der Waals surface area contributed by atoms with E-state index >= 15 is 0 Å². The third kappa shape index (κ3) is 4.03. The molecule has 28 heavy (non-hydrogen) atoms. The standard InChI is InChI=1S/C19H24N4O5/c1-26-13-8-12(9-14(10-13)27-2)18-17-15(21-11-22-17)5-7-23(18)19(25)20-6-4-16(24)28-3/h8-11,18H,4-7H2,1-3H3,(H,20,25)(H,21,22)/t18-/m0/s1. The number of hydrogen-bond acceptors (Lipinski definition) is 6. The lowest BCUT2D eigenvalue weighted by Gasteiger charge is -2.35. The van der Waals surface area contributed by atoms with Crippen LogP contribution < -0.4 is 14.8 Å². The number of hydrogen-bond donors (Lipinski definition) is 2. The van der Waals surface area contributed by atoms with Gasteiger partial charge in [0, 0.05) is 31.3 Å². The number of methoxy groups -OCH3 is 3. The number of imidazole rings is 1. The van der Waals surface area contributed by atoms with Crippen molar-refractivity contribution >= 4 is 12.0 Å². The average molecular weight is 388 g/mol. The number of carbonyl (C=O) groups excluding carboxylic acids is 2. The summed E-state index contributed by atoms with van der Waals surface area (Å²) in [6.45, 7) is 0.701. The first-order valence-electron chi connectivity index (χ1n) is 8.93. The number of urea groups is 1. The molecule has 0 saturated carbocycles. The number of rotatable bonds is 6. The van der Waals surface area contributed by atoms with Crippen LogP contribution >= 0.6 is 0 Å². The molecule has 2 heterocycles. The molecule has 0 fully saturated rings. The number of ether oxygens (including phenoxy) is 3. The van der Waals surface area contributed by atoms with Gasteiger partial charge in [0.25, 0.3) is 0 Å². The molecule has 2 amide bonds. The van der Waals surface area contributed by atoms with Crippen molar-refractivity contribution in [1.29, 1.82) is 0 Å². The minimum absolute atomic E-state index is 0.112. The molecular weight excluding hydrogens is 364 g/mol. The molecule has 9 nitrogen and oxygen atoms in total. The zero-order valence-electron chi connectivity index (χ0n) is 16.2. The van der Waals surface area contributed by atoms with E-state index in [9.17, 15) is 9.59 Å². The van der Waals surface area contributed by atoms with Crippen LogP contribution in [0.15, 0.2) is 24.5 Å². The van der Waals surface area contributed by atoms with Crippen LogP contribution in [0.1, 0.15) is 29.4 Å². The van der Waals surface area contributed by atoms with Gasteiger partial charge in [-0.05, 0) is 17.7 Å². The molecule has 150 valence electrons. The Hall–Kier alpha value is -3.23. The van der Waals surface area contributed by atoms with Crippen LogP contribution in [-0.4, -0.2) is 61.3 Å². The summed E-state index contributed by atoms with van der Waals surface area (Å²) < 4.78 is 15.4. The Bertz CT molecular complexity index is 828. The Morgan fingerprint density at radius 2 is 1.93 bits per heavy atom. The third-order valence-corrected chi connectivity index (χ3v) is 4.71. The van der Waals surface area contributed by atoms with Crippen LogP contribution in [-0.2, 0) is 16.0 Å². The van der Waals surface area contributed by atoms with Crippen LogP contribution in [0.25, 0.3) is 0 Å². The molecule has 1 aliphatic heterocycles. The van der Waals surface area contributed by atoms with Gasteiger partial charge in [0.1, 0.15) is 17.5 Å². The second-order valence-corrected chi connectivity index (χ2v) is 6.32. The lowest BCUT2D eigenvalue weighted by molar-refractivity contribution is -0.140. The van der Waals surface area contributed by atoms with Crippen molar-refractivity contribution < 1.29 is 23.8 Å². The highest BCUT2D eigenvalue weighted by Crippen LogP contribution is 2.36. The number of fused-ring (bicyclic) bond motifs is 1. The summed E-state index contributed by atoms with van der Waals surface area (Å²) >= 11 is 0. The lowest BCUT2D eigenvalue weighted by Crippen LogP contribution is -2.46. The molecule has 2 N–H and O–H groups in total. The second kappa shape index (κ2) is 8.64. The fourth-order valence-corrected chi connectivity index (χ4v) is 3.30. The Kier molecular flexibility index (Phi) is 6.03. The van der Waals surface area contributed by atoms with Gasteiger partial charge in [0.2, 0.25) is 0 Å². The number of aromatic nitrogens is 2. The Morgan fingerprint density at radius 1 is 1.21 bits per heavy atom. The largest absolute Gasteiger partial charge is 0.497 e. The molecule has 2 aromatic rings. The molecule has 1 aliphatic rings. The van der Waals surface area contributed by atoms with Gasteiger partial charge >= 0.3 is 12.0 Å². The van der Waals surface area contributed by atoms with Crippen molar-refractivity contribution in [2.24, 2.45) is 0 Å². The summed E-state index contributed by atoms with van der Waals surface area (Å²) in [6.07, 6.45) is 2.41. The number of amides is 2. The van der Waals surface area contributed by atoms with Gasteiger partial charge in [-0.15, -0.1) is 0 Å². The molecule has 0 unspecified atom stereocenters. The van der Waals surface area contributed by atoms with E-state index in [2.05, 4.69) is 20.0 Å². The van der Waals surface area contributed by atoms with Crippen LogP contribution in [0.5, 0.6) is 11.5 Å². The third-order valence-electron chi connectivity index (χ3n) is 4.71. The number of aromatic amines is 1. The van der Waals surface area contributed by atoms with Gasteiger partial charge in [0.15, 0.2) is 0 Å². The molecule has 0 radical (unpaired) electrons. The fourth-order valence-electron chi connectivity index (χ4n) is 3.30. The molecule has 0 aliphatic carbocycles. The zero-order valence-corrected chi connectivity index (χ0v) is 16.2. The second-order valence-electron chi connectivity index (χ2n) is 6.32. The van der Waals surface area contributed by atoms with Crippen LogP contribution in [0.4, 0.5) is 4.79 Å².